The number of guanidine groups is 1. The molecule has 1 aromatic heterocycles. The summed E-state index contributed by atoms with van der Waals surface area (Å²) < 4.78 is 5.49. The number of nitrogens with zero attached hydrogens (tertiary/aromatic N) is 2. The molecule has 1 unspecified atom stereocenters. The molecule has 1 fully saturated rings. The molecule has 0 radical (unpaired) electrons. The summed E-state index contributed by atoms with van der Waals surface area (Å²) in [5.41, 5.74) is 2.48. The van der Waals surface area contributed by atoms with Crippen LogP contribution in [0, 0.1) is 5.92 Å². The van der Waals surface area contributed by atoms with Gasteiger partial charge in [0.1, 0.15) is 5.75 Å². The fraction of sp³-hybridized carbons (Fsp3) is 0.421. The largest absolute Gasteiger partial charge is 0.495 e. The van der Waals surface area contributed by atoms with E-state index in [4.69, 9.17) is 4.74 Å². The Hall–Kier alpha value is -2.21. The van der Waals surface area contributed by atoms with Gasteiger partial charge in [-0.3, -0.25) is 4.99 Å². The third kappa shape index (κ3) is 4.66. The van der Waals surface area contributed by atoms with E-state index >= 15 is 0 Å². The number of hydrogen-bond donors (Lipinski definition) is 2. The van der Waals surface area contributed by atoms with Gasteiger partial charge in [0.15, 0.2) is 5.96 Å². The van der Waals surface area contributed by atoms with Crippen molar-refractivity contribution in [2.24, 2.45) is 10.9 Å². The predicted molar refractivity (Wildman–Crippen MR) is 106 cm³/mol. The van der Waals surface area contributed by atoms with Crippen LogP contribution in [0.1, 0.15) is 12.0 Å². The van der Waals surface area contributed by atoms with Gasteiger partial charge in [0.05, 0.1) is 12.8 Å². The van der Waals surface area contributed by atoms with Gasteiger partial charge in [-0.1, -0.05) is 12.1 Å². The number of thiophene rings is 1. The molecule has 134 valence electrons. The van der Waals surface area contributed by atoms with Crippen molar-refractivity contribution in [3.63, 3.8) is 0 Å². The monoisotopic (exact) mass is 358 g/mol. The highest BCUT2D eigenvalue weighted by Crippen LogP contribution is 2.31. The maximum atomic E-state index is 5.49. The smallest absolute Gasteiger partial charge is 0.191 e. The highest BCUT2D eigenvalue weighted by molar-refractivity contribution is 7.07. The zero-order chi connectivity index (χ0) is 17.5. The molecule has 1 aliphatic heterocycles. The first-order valence-corrected chi connectivity index (χ1v) is 9.58. The first kappa shape index (κ1) is 17.6. The first-order valence-electron chi connectivity index (χ1n) is 8.63. The van der Waals surface area contributed by atoms with Gasteiger partial charge in [-0.05, 0) is 46.9 Å². The summed E-state index contributed by atoms with van der Waals surface area (Å²) in [4.78, 5) is 6.73. The Labute approximate surface area is 153 Å². The molecule has 25 heavy (non-hydrogen) atoms. The third-order valence-corrected chi connectivity index (χ3v) is 5.27. The van der Waals surface area contributed by atoms with Gasteiger partial charge in [-0.15, -0.1) is 0 Å². The molecule has 0 spiro atoms. The van der Waals surface area contributed by atoms with E-state index in [1.54, 1.807) is 18.4 Å². The van der Waals surface area contributed by atoms with Crippen molar-refractivity contribution in [2.45, 2.75) is 13.0 Å². The van der Waals surface area contributed by atoms with Gasteiger partial charge in [0.25, 0.3) is 0 Å². The van der Waals surface area contributed by atoms with Crippen molar-refractivity contribution in [1.29, 1.82) is 0 Å². The molecule has 0 saturated carbocycles. The van der Waals surface area contributed by atoms with E-state index in [1.807, 2.05) is 19.2 Å². The Kier molecular flexibility index (Phi) is 6.17. The fourth-order valence-electron chi connectivity index (χ4n) is 3.15. The maximum absolute atomic E-state index is 5.49. The molecule has 1 aliphatic rings. The topological polar surface area (TPSA) is 48.9 Å². The summed E-state index contributed by atoms with van der Waals surface area (Å²) in [5, 5.41) is 11.1. The van der Waals surface area contributed by atoms with Gasteiger partial charge >= 0.3 is 0 Å². The minimum atomic E-state index is 0.601. The lowest BCUT2D eigenvalue weighted by Crippen LogP contribution is -2.39. The molecule has 5 nitrogen and oxygen atoms in total. The van der Waals surface area contributed by atoms with E-state index in [-0.39, 0.29) is 0 Å². The van der Waals surface area contributed by atoms with Crippen molar-refractivity contribution in [2.75, 3.05) is 38.7 Å². The number of aliphatic imine (C=N–C) groups is 1. The number of methoxy groups -OCH3 is 1. The van der Waals surface area contributed by atoms with Gasteiger partial charge in [0.2, 0.25) is 0 Å². The standard InChI is InChI=1S/C19H26N4OS/c1-20-19(22-12-16-8-10-25-14-16)21-11-15-7-9-23(13-15)17-5-3-4-6-18(17)24-2/h3-6,8,10,14-15H,7,9,11-13H2,1-2H3,(H2,20,21,22). The summed E-state index contributed by atoms with van der Waals surface area (Å²) in [6.07, 6.45) is 1.17. The number of hydrogen-bond acceptors (Lipinski definition) is 4. The minimum Gasteiger partial charge on any atom is -0.495 e. The summed E-state index contributed by atoms with van der Waals surface area (Å²) in [6, 6.07) is 10.4. The van der Waals surface area contributed by atoms with Crippen LogP contribution in [0.2, 0.25) is 0 Å². The second-order valence-electron chi connectivity index (χ2n) is 6.21. The van der Waals surface area contributed by atoms with E-state index in [0.29, 0.717) is 5.92 Å². The van der Waals surface area contributed by atoms with Crippen LogP contribution in [0.3, 0.4) is 0 Å². The number of para-hydroxylation sites is 2. The summed E-state index contributed by atoms with van der Waals surface area (Å²) in [7, 11) is 3.55. The molecule has 2 aromatic rings. The molecule has 1 atom stereocenters. The third-order valence-electron chi connectivity index (χ3n) is 4.53. The lowest BCUT2D eigenvalue weighted by Gasteiger charge is -2.21. The average Bonchev–Trinajstić information content (AvgIpc) is 3.33. The number of ether oxygens (including phenoxy) is 1. The molecule has 1 aromatic carbocycles. The molecule has 0 aliphatic carbocycles. The second-order valence-corrected chi connectivity index (χ2v) is 6.99. The van der Waals surface area contributed by atoms with Crippen LogP contribution in [0.15, 0.2) is 46.1 Å². The van der Waals surface area contributed by atoms with E-state index in [0.717, 1.165) is 37.9 Å². The van der Waals surface area contributed by atoms with E-state index in [9.17, 15) is 0 Å². The Morgan fingerprint density at radius 3 is 2.96 bits per heavy atom. The molecular formula is C19H26N4OS. The Morgan fingerprint density at radius 1 is 1.32 bits per heavy atom. The molecule has 0 bridgehead atoms. The number of anilines is 1. The lowest BCUT2D eigenvalue weighted by molar-refractivity contribution is 0.414. The fourth-order valence-corrected chi connectivity index (χ4v) is 3.82. The molecule has 2 heterocycles. The van der Waals surface area contributed by atoms with E-state index < -0.39 is 0 Å². The molecule has 6 heteroatoms. The Morgan fingerprint density at radius 2 is 2.20 bits per heavy atom. The number of benzene rings is 1. The van der Waals surface area contributed by atoms with Crippen LogP contribution in [0.5, 0.6) is 5.75 Å². The minimum absolute atomic E-state index is 0.601. The van der Waals surface area contributed by atoms with Crippen molar-refractivity contribution in [3.8, 4) is 5.75 Å². The summed E-state index contributed by atoms with van der Waals surface area (Å²) in [5.74, 6) is 2.41. The van der Waals surface area contributed by atoms with Crippen molar-refractivity contribution in [1.82, 2.24) is 10.6 Å². The SMILES string of the molecule is CN=C(NCc1ccsc1)NCC1CCN(c2ccccc2OC)C1. The van der Waals surface area contributed by atoms with Crippen LogP contribution >= 0.6 is 11.3 Å². The van der Waals surface area contributed by atoms with Crippen molar-refractivity contribution < 1.29 is 4.74 Å². The van der Waals surface area contributed by atoms with Gasteiger partial charge in [-0.25, -0.2) is 0 Å². The van der Waals surface area contributed by atoms with Crippen molar-refractivity contribution >= 4 is 23.0 Å². The maximum Gasteiger partial charge on any atom is 0.191 e. The molecule has 0 amide bonds. The lowest BCUT2D eigenvalue weighted by atomic mass is 10.1. The van der Waals surface area contributed by atoms with Crippen LogP contribution < -0.4 is 20.3 Å². The van der Waals surface area contributed by atoms with Crippen LogP contribution in [0.4, 0.5) is 5.69 Å². The van der Waals surface area contributed by atoms with Gasteiger partial charge < -0.3 is 20.3 Å². The van der Waals surface area contributed by atoms with E-state index in [2.05, 4.69) is 49.5 Å². The van der Waals surface area contributed by atoms with Crippen LogP contribution in [-0.2, 0) is 6.54 Å². The molecule has 1 saturated heterocycles. The summed E-state index contributed by atoms with van der Waals surface area (Å²) >= 11 is 1.72. The Balaban J connectivity index is 1.47. The summed E-state index contributed by atoms with van der Waals surface area (Å²) in [6.45, 7) is 3.83. The normalized spacial score (nSPS) is 17.6. The second kappa shape index (κ2) is 8.76. The van der Waals surface area contributed by atoms with Gasteiger partial charge in [0, 0.05) is 33.2 Å². The van der Waals surface area contributed by atoms with Crippen LogP contribution in [-0.4, -0.2) is 39.8 Å². The molecule has 2 N–H and O–H groups in total. The number of rotatable bonds is 6. The van der Waals surface area contributed by atoms with Gasteiger partial charge in [-0.2, -0.15) is 11.3 Å². The molecule has 3 rings (SSSR count). The molecular weight excluding hydrogens is 332 g/mol. The highest BCUT2D eigenvalue weighted by atomic mass is 32.1. The Bertz CT molecular complexity index is 686. The zero-order valence-electron chi connectivity index (χ0n) is 14.9. The van der Waals surface area contributed by atoms with Crippen molar-refractivity contribution in [3.05, 3.63) is 46.7 Å². The van der Waals surface area contributed by atoms with Crippen LogP contribution in [0.25, 0.3) is 0 Å². The number of nitrogens with one attached hydrogen (secondary N) is 2. The first-order chi connectivity index (χ1) is 12.3. The highest BCUT2D eigenvalue weighted by Gasteiger charge is 2.24. The average molecular weight is 359 g/mol. The van der Waals surface area contributed by atoms with E-state index in [1.165, 1.54) is 17.7 Å². The quantitative estimate of drug-likeness (QED) is 0.616. The zero-order valence-corrected chi connectivity index (χ0v) is 15.7. The predicted octanol–water partition coefficient (Wildman–Crippen LogP) is 2.95.